The zero-order chi connectivity index (χ0) is 16.2. The smallest absolute Gasteiger partial charge is 0.226 e. The average molecular weight is 349 g/mol. The number of amides is 1. The number of nitrogens with zero attached hydrogens (tertiary/aromatic N) is 1. The van der Waals surface area contributed by atoms with E-state index in [0.717, 1.165) is 10.9 Å². The van der Waals surface area contributed by atoms with E-state index < -0.39 is 0 Å². The van der Waals surface area contributed by atoms with E-state index in [-0.39, 0.29) is 12.3 Å². The number of hydrogen-bond donors (Lipinski definition) is 1. The first-order valence-corrected chi connectivity index (χ1v) is 7.93. The Bertz CT molecular complexity index is 845. The summed E-state index contributed by atoms with van der Waals surface area (Å²) < 4.78 is 5.19. The Morgan fingerprint density at radius 2 is 2.00 bits per heavy atom. The van der Waals surface area contributed by atoms with Crippen LogP contribution in [0.2, 0.25) is 10.0 Å². The summed E-state index contributed by atoms with van der Waals surface area (Å²) >= 11 is 12.0. The summed E-state index contributed by atoms with van der Waals surface area (Å²) in [6.07, 6.45) is 0.826. The molecule has 6 heteroatoms. The highest BCUT2D eigenvalue weighted by molar-refractivity contribution is 6.35. The second-order valence-corrected chi connectivity index (χ2v) is 5.98. The Hall–Kier alpha value is -2.04. The maximum atomic E-state index is 12.0. The summed E-state index contributed by atoms with van der Waals surface area (Å²) in [5.41, 5.74) is 2.27. The number of hydrogen-bond acceptors (Lipinski definition) is 3. The highest BCUT2D eigenvalue weighted by Gasteiger charge is 2.11. The summed E-state index contributed by atoms with van der Waals surface area (Å²) in [4.78, 5) is 12.0. The summed E-state index contributed by atoms with van der Waals surface area (Å²) in [5, 5.41) is 8.89. The lowest BCUT2D eigenvalue weighted by Gasteiger charge is -2.06. The molecule has 2 aromatic carbocycles. The molecule has 3 rings (SSSR count). The summed E-state index contributed by atoms with van der Waals surface area (Å²) in [6.45, 7) is 0.496. The first-order chi connectivity index (χ1) is 11.1. The van der Waals surface area contributed by atoms with Crippen LogP contribution in [0.5, 0.6) is 0 Å². The average Bonchev–Trinajstić information content (AvgIpc) is 2.93. The highest BCUT2D eigenvalue weighted by atomic mass is 35.5. The van der Waals surface area contributed by atoms with Crippen LogP contribution in [0.3, 0.4) is 0 Å². The zero-order valence-electron chi connectivity index (χ0n) is 12.2. The molecule has 0 bridgehead atoms. The molecule has 23 heavy (non-hydrogen) atoms. The Balaban J connectivity index is 1.55. The van der Waals surface area contributed by atoms with Crippen molar-refractivity contribution in [3.8, 4) is 0 Å². The largest absolute Gasteiger partial charge is 0.356 e. The van der Waals surface area contributed by atoms with Gasteiger partial charge < -0.3 is 9.84 Å². The third-order valence-corrected chi connectivity index (χ3v) is 4.10. The normalized spacial score (nSPS) is 10.9. The van der Waals surface area contributed by atoms with Crippen LogP contribution in [-0.4, -0.2) is 17.6 Å². The van der Waals surface area contributed by atoms with Crippen molar-refractivity contribution in [3.63, 3.8) is 0 Å². The minimum absolute atomic E-state index is 0.103. The van der Waals surface area contributed by atoms with E-state index in [2.05, 4.69) is 10.5 Å². The van der Waals surface area contributed by atoms with Crippen LogP contribution >= 0.6 is 23.2 Å². The molecule has 118 valence electrons. The maximum absolute atomic E-state index is 12.0. The van der Waals surface area contributed by atoms with E-state index in [1.807, 2.05) is 30.3 Å². The lowest BCUT2D eigenvalue weighted by atomic mass is 10.1. The Kier molecular flexibility index (Phi) is 4.84. The third kappa shape index (κ3) is 3.84. The molecule has 0 saturated heterocycles. The van der Waals surface area contributed by atoms with Gasteiger partial charge in [0.15, 0.2) is 5.58 Å². The van der Waals surface area contributed by atoms with Crippen LogP contribution < -0.4 is 5.32 Å². The molecule has 0 unspecified atom stereocenters. The van der Waals surface area contributed by atoms with Crippen molar-refractivity contribution < 1.29 is 9.32 Å². The lowest BCUT2D eigenvalue weighted by molar-refractivity contribution is -0.120. The molecule has 0 radical (unpaired) electrons. The molecule has 0 fully saturated rings. The molecule has 0 aliphatic rings. The van der Waals surface area contributed by atoms with Crippen molar-refractivity contribution in [3.05, 3.63) is 63.8 Å². The second-order valence-electron chi connectivity index (χ2n) is 5.14. The number of nitrogens with one attached hydrogen (secondary N) is 1. The van der Waals surface area contributed by atoms with Crippen molar-refractivity contribution in [1.82, 2.24) is 10.5 Å². The van der Waals surface area contributed by atoms with Gasteiger partial charge in [-0.25, -0.2) is 0 Å². The van der Waals surface area contributed by atoms with E-state index >= 15 is 0 Å². The molecule has 0 aliphatic heterocycles. The van der Waals surface area contributed by atoms with Gasteiger partial charge in [0.25, 0.3) is 0 Å². The van der Waals surface area contributed by atoms with Crippen molar-refractivity contribution >= 4 is 40.1 Å². The molecule has 1 aromatic heterocycles. The number of halogens is 2. The first-order valence-electron chi connectivity index (χ1n) is 7.17. The maximum Gasteiger partial charge on any atom is 0.226 e. The summed E-state index contributed by atoms with van der Waals surface area (Å²) in [5.74, 6) is -0.103. The zero-order valence-corrected chi connectivity index (χ0v) is 13.7. The van der Waals surface area contributed by atoms with Crippen LogP contribution in [0.4, 0.5) is 0 Å². The Labute approximate surface area is 143 Å². The number of carbonyl (C=O) groups is 1. The predicted molar refractivity (Wildman–Crippen MR) is 90.9 cm³/mol. The summed E-state index contributed by atoms with van der Waals surface area (Å²) in [6, 6.07) is 12.8. The van der Waals surface area contributed by atoms with Gasteiger partial charge in [0, 0.05) is 22.0 Å². The van der Waals surface area contributed by atoms with Gasteiger partial charge in [0.1, 0.15) is 5.69 Å². The van der Waals surface area contributed by atoms with Crippen molar-refractivity contribution in [2.45, 2.75) is 12.8 Å². The third-order valence-electron chi connectivity index (χ3n) is 3.51. The molecule has 0 spiro atoms. The second kappa shape index (κ2) is 7.02. The molecule has 1 heterocycles. The molecule has 1 amide bonds. The molecule has 0 aliphatic carbocycles. The molecule has 1 N–H and O–H groups in total. The minimum atomic E-state index is -0.103. The van der Waals surface area contributed by atoms with E-state index in [9.17, 15) is 4.79 Å². The fraction of sp³-hybridized carbons (Fsp3) is 0.176. The fourth-order valence-electron chi connectivity index (χ4n) is 2.34. The van der Waals surface area contributed by atoms with Gasteiger partial charge in [-0.05, 0) is 36.2 Å². The van der Waals surface area contributed by atoms with E-state index in [4.69, 9.17) is 27.7 Å². The molecule has 3 aromatic rings. The standard InChI is InChI=1S/C17H14Cl2N2O2/c18-12-6-5-11(14(19)9-12)7-8-20-17(22)10-15-13-3-1-2-4-16(13)23-21-15/h1-6,9H,7-8,10H2,(H,20,22). The highest BCUT2D eigenvalue weighted by Crippen LogP contribution is 2.21. The van der Waals surface area contributed by atoms with Crippen LogP contribution in [0.15, 0.2) is 47.0 Å². The molecule has 4 nitrogen and oxygen atoms in total. The summed E-state index contributed by atoms with van der Waals surface area (Å²) in [7, 11) is 0. The minimum Gasteiger partial charge on any atom is -0.356 e. The van der Waals surface area contributed by atoms with Gasteiger partial charge in [-0.2, -0.15) is 0 Å². The number of aromatic nitrogens is 1. The monoisotopic (exact) mass is 348 g/mol. The number of carbonyl (C=O) groups excluding carboxylic acids is 1. The van der Waals surface area contributed by atoms with E-state index in [1.165, 1.54) is 0 Å². The van der Waals surface area contributed by atoms with Crippen LogP contribution in [0, 0.1) is 0 Å². The van der Waals surface area contributed by atoms with Crippen LogP contribution in [0.1, 0.15) is 11.3 Å². The van der Waals surface area contributed by atoms with Gasteiger partial charge in [-0.15, -0.1) is 0 Å². The van der Waals surface area contributed by atoms with Crippen LogP contribution in [0.25, 0.3) is 11.0 Å². The van der Waals surface area contributed by atoms with Crippen molar-refractivity contribution in [2.75, 3.05) is 6.54 Å². The van der Waals surface area contributed by atoms with Gasteiger partial charge >= 0.3 is 0 Å². The van der Waals surface area contributed by atoms with Crippen molar-refractivity contribution in [2.24, 2.45) is 0 Å². The van der Waals surface area contributed by atoms with Crippen molar-refractivity contribution in [1.29, 1.82) is 0 Å². The van der Waals surface area contributed by atoms with Gasteiger partial charge in [-0.1, -0.05) is 46.6 Å². The predicted octanol–water partition coefficient (Wildman–Crippen LogP) is 4.04. The Morgan fingerprint density at radius 1 is 1.17 bits per heavy atom. The number of fused-ring (bicyclic) bond motifs is 1. The van der Waals surface area contributed by atoms with Gasteiger partial charge in [0.2, 0.25) is 5.91 Å². The van der Waals surface area contributed by atoms with Gasteiger partial charge in [-0.3, -0.25) is 4.79 Å². The van der Waals surface area contributed by atoms with Gasteiger partial charge in [0.05, 0.1) is 6.42 Å². The number of para-hydroxylation sites is 1. The first kappa shape index (κ1) is 15.8. The Morgan fingerprint density at radius 3 is 2.83 bits per heavy atom. The lowest BCUT2D eigenvalue weighted by Crippen LogP contribution is -2.27. The molecule has 0 atom stereocenters. The number of benzene rings is 2. The van der Waals surface area contributed by atoms with E-state index in [0.29, 0.717) is 34.3 Å². The number of rotatable bonds is 5. The molecular formula is C17H14Cl2N2O2. The SMILES string of the molecule is O=C(Cc1noc2ccccc12)NCCc1ccc(Cl)cc1Cl. The fourth-order valence-corrected chi connectivity index (χ4v) is 2.84. The van der Waals surface area contributed by atoms with Crippen LogP contribution in [-0.2, 0) is 17.6 Å². The molecule has 0 saturated carbocycles. The topological polar surface area (TPSA) is 55.1 Å². The quantitative estimate of drug-likeness (QED) is 0.757. The molecular weight excluding hydrogens is 335 g/mol. The van der Waals surface area contributed by atoms with E-state index in [1.54, 1.807) is 12.1 Å².